The first-order valence-corrected chi connectivity index (χ1v) is 6.78. The number of carbonyl (C=O) groups is 1. The number of nitrogens with two attached hydrogens (primary N) is 1. The molecule has 2 aromatic rings. The normalized spacial score (nSPS) is 14.0. The Bertz CT molecular complexity index is 691. The summed E-state index contributed by atoms with van der Waals surface area (Å²) in [6.07, 6.45) is 3.21. The lowest BCUT2D eigenvalue weighted by Gasteiger charge is -2.25. The molecule has 1 amide bonds. The SMILES string of the molecule is CC(C)(C(=O)Nc1ccc2c(c1)COC2)n1cnc(N)c1. The fraction of sp³-hybridized carbons (Fsp3) is 0.333. The first kappa shape index (κ1) is 13.6. The van der Waals surface area contributed by atoms with Gasteiger partial charge in [0.25, 0.3) is 0 Å². The maximum atomic E-state index is 12.5. The fourth-order valence-electron chi connectivity index (χ4n) is 2.29. The van der Waals surface area contributed by atoms with E-state index in [2.05, 4.69) is 10.3 Å². The van der Waals surface area contributed by atoms with Gasteiger partial charge in [0.05, 0.1) is 19.5 Å². The maximum absolute atomic E-state index is 12.5. The number of imidazole rings is 1. The average Bonchev–Trinajstić information content (AvgIpc) is 3.06. The number of amides is 1. The molecule has 0 saturated heterocycles. The van der Waals surface area contributed by atoms with E-state index in [4.69, 9.17) is 10.5 Å². The van der Waals surface area contributed by atoms with E-state index in [0.717, 1.165) is 11.3 Å². The number of hydrogen-bond donors (Lipinski definition) is 2. The van der Waals surface area contributed by atoms with Crippen molar-refractivity contribution in [1.82, 2.24) is 9.55 Å². The number of nitrogen functional groups attached to an aromatic ring is 1. The highest BCUT2D eigenvalue weighted by molar-refractivity contribution is 5.96. The molecule has 0 saturated carbocycles. The second-order valence-electron chi connectivity index (χ2n) is 5.70. The number of benzene rings is 1. The van der Waals surface area contributed by atoms with E-state index in [1.807, 2.05) is 32.0 Å². The van der Waals surface area contributed by atoms with Gasteiger partial charge in [-0.2, -0.15) is 0 Å². The molecule has 3 N–H and O–H groups in total. The van der Waals surface area contributed by atoms with Crippen LogP contribution in [0.1, 0.15) is 25.0 Å². The number of anilines is 2. The summed E-state index contributed by atoms with van der Waals surface area (Å²) in [5.74, 6) is 0.268. The number of nitrogens with zero attached hydrogens (tertiary/aromatic N) is 2. The van der Waals surface area contributed by atoms with Crippen LogP contribution in [0.4, 0.5) is 11.5 Å². The third kappa shape index (κ3) is 2.50. The Kier molecular flexibility index (Phi) is 3.17. The topological polar surface area (TPSA) is 82.2 Å². The zero-order valence-electron chi connectivity index (χ0n) is 12.1. The zero-order chi connectivity index (χ0) is 15.0. The number of ether oxygens (including phenoxy) is 1. The van der Waals surface area contributed by atoms with Crippen LogP contribution < -0.4 is 11.1 Å². The summed E-state index contributed by atoms with van der Waals surface area (Å²) < 4.78 is 7.08. The smallest absolute Gasteiger partial charge is 0.250 e. The van der Waals surface area contributed by atoms with Crippen molar-refractivity contribution in [2.24, 2.45) is 0 Å². The van der Waals surface area contributed by atoms with Gasteiger partial charge in [-0.1, -0.05) is 6.07 Å². The molecule has 6 nitrogen and oxygen atoms in total. The summed E-state index contributed by atoms with van der Waals surface area (Å²) in [4.78, 5) is 16.5. The molecule has 0 aliphatic carbocycles. The summed E-state index contributed by atoms with van der Waals surface area (Å²) >= 11 is 0. The number of aromatic nitrogens is 2. The van der Waals surface area contributed by atoms with Gasteiger partial charge >= 0.3 is 0 Å². The molecule has 0 bridgehead atoms. The third-order valence-electron chi connectivity index (χ3n) is 3.78. The van der Waals surface area contributed by atoms with E-state index >= 15 is 0 Å². The highest BCUT2D eigenvalue weighted by atomic mass is 16.5. The van der Waals surface area contributed by atoms with E-state index in [9.17, 15) is 4.79 Å². The van der Waals surface area contributed by atoms with Gasteiger partial charge in [0, 0.05) is 11.9 Å². The van der Waals surface area contributed by atoms with Crippen molar-refractivity contribution in [3.8, 4) is 0 Å². The highest BCUT2D eigenvalue weighted by Crippen LogP contribution is 2.25. The Morgan fingerprint density at radius 3 is 2.86 bits per heavy atom. The van der Waals surface area contributed by atoms with Crippen molar-refractivity contribution < 1.29 is 9.53 Å². The number of fused-ring (bicyclic) bond motifs is 1. The first-order chi connectivity index (χ1) is 9.96. The predicted octanol–water partition coefficient (Wildman–Crippen LogP) is 1.87. The molecule has 1 aromatic carbocycles. The van der Waals surface area contributed by atoms with Crippen molar-refractivity contribution in [3.63, 3.8) is 0 Å². The van der Waals surface area contributed by atoms with Crippen LogP contribution >= 0.6 is 0 Å². The van der Waals surface area contributed by atoms with Crippen LogP contribution in [0.3, 0.4) is 0 Å². The van der Waals surface area contributed by atoms with Crippen molar-refractivity contribution in [2.45, 2.75) is 32.6 Å². The van der Waals surface area contributed by atoms with Gasteiger partial charge in [-0.3, -0.25) is 4.79 Å². The minimum atomic E-state index is -0.778. The summed E-state index contributed by atoms with van der Waals surface area (Å²) in [6.45, 7) is 4.88. The van der Waals surface area contributed by atoms with Crippen LogP contribution in [0, 0.1) is 0 Å². The van der Waals surface area contributed by atoms with E-state index in [0.29, 0.717) is 19.0 Å². The van der Waals surface area contributed by atoms with Crippen LogP contribution in [-0.4, -0.2) is 15.5 Å². The number of nitrogens with one attached hydrogen (secondary N) is 1. The summed E-state index contributed by atoms with van der Waals surface area (Å²) in [7, 11) is 0. The molecule has 110 valence electrons. The highest BCUT2D eigenvalue weighted by Gasteiger charge is 2.30. The standard InChI is InChI=1S/C15H18N4O2/c1-15(2,19-6-13(16)17-9-19)14(20)18-12-4-3-10-7-21-8-11(10)5-12/h3-6,9H,7-8,16H2,1-2H3,(H,18,20). The molecule has 0 spiro atoms. The molecule has 2 heterocycles. The molecule has 0 radical (unpaired) electrons. The van der Waals surface area contributed by atoms with Crippen molar-refractivity contribution in [2.75, 3.05) is 11.1 Å². The number of carbonyl (C=O) groups excluding carboxylic acids is 1. The van der Waals surface area contributed by atoms with Crippen LogP contribution in [0.25, 0.3) is 0 Å². The Hall–Kier alpha value is -2.34. The van der Waals surface area contributed by atoms with Crippen LogP contribution in [-0.2, 0) is 28.3 Å². The Balaban J connectivity index is 1.79. The number of hydrogen-bond acceptors (Lipinski definition) is 4. The Morgan fingerprint density at radius 2 is 2.14 bits per heavy atom. The molecule has 0 fully saturated rings. The van der Waals surface area contributed by atoms with E-state index in [1.165, 1.54) is 5.56 Å². The maximum Gasteiger partial charge on any atom is 0.250 e. The van der Waals surface area contributed by atoms with Gasteiger partial charge in [-0.15, -0.1) is 0 Å². The molecular formula is C15H18N4O2. The molecule has 1 aromatic heterocycles. The number of rotatable bonds is 3. The summed E-state index contributed by atoms with van der Waals surface area (Å²) in [5.41, 5.74) is 7.90. The van der Waals surface area contributed by atoms with Gasteiger partial charge < -0.3 is 20.4 Å². The van der Waals surface area contributed by atoms with Crippen molar-refractivity contribution >= 4 is 17.4 Å². The zero-order valence-corrected chi connectivity index (χ0v) is 12.1. The second kappa shape index (κ2) is 4.89. The lowest BCUT2D eigenvalue weighted by molar-refractivity contribution is -0.123. The van der Waals surface area contributed by atoms with Gasteiger partial charge in [-0.05, 0) is 37.1 Å². The summed E-state index contributed by atoms with van der Waals surface area (Å²) in [6, 6.07) is 5.84. The van der Waals surface area contributed by atoms with Crippen molar-refractivity contribution in [1.29, 1.82) is 0 Å². The van der Waals surface area contributed by atoms with Crippen molar-refractivity contribution in [3.05, 3.63) is 41.9 Å². The van der Waals surface area contributed by atoms with Gasteiger partial charge in [0.1, 0.15) is 11.4 Å². The summed E-state index contributed by atoms with van der Waals surface area (Å²) in [5, 5.41) is 2.94. The third-order valence-corrected chi connectivity index (χ3v) is 3.78. The molecule has 1 aliphatic rings. The Morgan fingerprint density at radius 1 is 1.38 bits per heavy atom. The quantitative estimate of drug-likeness (QED) is 0.902. The molecule has 6 heteroatoms. The molecule has 0 atom stereocenters. The van der Waals surface area contributed by atoms with Gasteiger partial charge in [0.15, 0.2) is 0 Å². The average molecular weight is 286 g/mol. The molecule has 1 aliphatic heterocycles. The molecule has 3 rings (SSSR count). The molecular weight excluding hydrogens is 268 g/mol. The minimum absolute atomic E-state index is 0.126. The van der Waals surface area contributed by atoms with Gasteiger partial charge in [0.2, 0.25) is 5.91 Å². The Labute approximate surface area is 122 Å². The molecule has 0 unspecified atom stereocenters. The van der Waals surface area contributed by atoms with Crippen LogP contribution in [0.15, 0.2) is 30.7 Å². The van der Waals surface area contributed by atoms with E-state index < -0.39 is 5.54 Å². The second-order valence-corrected chi connectivity index (χ2v) is 5.70. The fourth-order valence-corrected chi connectivity index (χ4v) is 2.29. The lowest BCUT2D eigenvalue weighted by atomic mass is 10.0. The van der Waals surface area contributed by atoms with Crippen LogP contribution in [0.5, 0.6) is 0 Å². The monoisotopic (exact) mass is 286 g/mol. The van der Waals surface area contributed by atoms with Crippen LogP contribution in [0.2, 0.25) is 0 Å². The largest absolute Gasteiger partial charge is 0.382 e. The van der Waals surface area contributed by atoms with E-state index in [-0.39, 0.29) is 5.91 Å². The lowest BCUT2D eigenvalue weighted by Crippen LogP contribution is -2.39. The molecule has 21 heavy (non-hydrogen) atoms. The van der Waals surface area contributed by atoms with Gasteiger partial charge in [-0.25, -0.2) is 4.98 Å². The van der Waals surface area contributed by atoms with E-state index in [1.54, 1.807) is 17.1 Å². The first-order valence-electron chi connectivity index (χ1n) is 6.78. The predicted molar refractivity (Wildman–Crippen MR) is 79.5 cm³/mol. The minimum Gasteiger partial charge on any atom is -0.382 e.